The molecule has 0 saturated carbocycles. The Bertz CT molecular complexity index is 855. The number of carbonyl (C=O) groups excluding carboxylic acids is 2. The van der Waals surface area contributed by atoms with Gasteiger partial charge in [0.2, 0.25) is 5.91 Å². The van der Waals surface area contributed by atoms with Crippen molar-refractivity contribution in [3.8, 4) is 11.8 Å². The Labute approximate surface area is 152 Å². The van der Waals surface area contributed by atoms with Gasteiger partial charge in [0.1, 0.15) is 5.69 Å². The summed E-state index contributed by atoms with van der Waals surface area (Å²) in [4.78, 5) is 29.5. The molecule has 2 heterocycles. The van der Waals surface area contributed by atoms with Gasteiger partial charge in [-0.2, -0.15) is 0 Å². The molecule has 3 rings (SSSR count). The molecule has 0 radical (unpaired) electrons. The zero-order valence-electron chi connectivity index (χ0n) is 14.5. The van der Waals surface area contributed by atoms with Crippen LogP contribution in [0.15, 0.2) is 48.7 Å². The van der Waals surface area contributed by atoms with E-state index in [2.05, 4.69) is 27.5 Å². The lowest BCUT2D eigenvalue weighted by Gasteiger charge is -2.30. The predicted octanol–water partition coefficient (Wildman–Crippen LogP) is 2.22. The number of aromatic nitrogens is 1. The highest BCUT2D eigenvalue weighted by Gasteiger charge is 2.23. The third-order valence-electron chi connectivity index (χ3n) is 4.08. The van der Waals surface area contributed by atoms with Crippen LogP contribution in [0.5, 0.6) is 0 Å². The van der Waals surface area contributed by atoms with E-state index in [1.54, 1.807) is 18.1 Å². The zero-order chi connectivity index (χ0) is 18.4. The molecule has 1 aliphatic heterocycles. The molecular weight excluding hydrogens is 328 g/mol. The Morgan fingerprint density at radius 3 is 2.88 bits per heavy atom. The highest BCUT2D eigenvalue weighted by atomic mass is 16.2. The van der Waals surface area contributed by atoms with E-state index < -0.39 is 0 Å². The molecule has 0 spiro atoms. The topological polar surface area (TPSA) is 74.3 Å². The first kappa shape index (κ1) is 17.5. The Morgan fingerprint density at radius 2 is 2.12 bits per heavy atom. The first-order valence-corrected chi connectivity index (χ1v) is 8.45. The summed E-state index contributed by atoms with van der Waals surface area (Å²) in [5.41, 5.74) is 2.14. The number of amides is 3. The second-order valence-corrected chi connectivity index (χ2v) is 6.15. The van der Waals surface area contributed by atoms with Gasteiger partial charge in [0.15, 0.2) is 0 Å². The summed E-state index contributed by atoms with van der Waals surface area (Å²) in [5.74, 6) is 6.14. The van der Waals surface area contributed by atoms with E-state index >= 15 is 0 Å². The average molecular weight is 348 g/mol. The minimum Gasteiger partial charge on any atom is -0.344 e. The first-order chi connectivity index (χ1) is 12.6. The van der Waals surface area contributed by atoms with Crippen molar-refractivity contribution >= 4 is 17.6 Å². The van der Waals surface area contributed by atoms with Gasteiger partial charge in [0.25, 0.3) is 0 Å². The predicted molar refractivity (Wildman–Crippen MR) is 99.5 cm³/mol. The molecule has 2 N–H and O–H groups in total. The van der Waals surface area contributed by atoms with Gasteiger partial charge in [-0.3, -0.25) is 4.79 Å². The molecular formula is C20H20N4O2. The van der Waals surface area contributed by atoms with Crippen molar-refractivity contribution in [3.63, 3.8) is 0 Å². The number of piperidine rings is 1. The van der Waals surface area contributed by atoms with Crippen LogP contribution in [-0.4, -0.2) is 41.5 Å². The maximum absolute atomic E-state index is 12.2. The van der Waals surface area contributed by atoms with Gasteiger partial charge in [0.05, 0.1) is 0 Å². The van der Waals surface area contributed by atoms with Gasteiger partial charge >= 0.3 is 6.03 Å². The quantitative estimate of drug-likeness (QED) is 0.817. The first-order valence-electron chi connectivity index (χ1n) is 8.45. The van der Waals surface area contributed by atoms with Crippen LogP contribution in [0.1, 0.15) is 24.1 Å². The highest BCUT2D eigenvalue weighted by Crippen LogP contribution is 2.12. The Hall–Kier alpha value is -3.33. The number of urea groups is 1. The van der Waals surface area contributed by atoms with E-state index in [4.69, 9.17) is 0 Å². The van der Waals surface area contributed by atoms with Crippen molar-refractivity contribution in [3.05, 3.63) is 59.9 Å². The molecule has 132 valence electrons. The van der Waals surface area contributed by atoms with Crippen molar-refractivity contribution in [2.45, 2.75) is 18.9 Å². The average Bonchev–Trinajstić information content (AvgIpc) is 2.64. The van der Waals surface area contributed by atoms with Crippen LogP contribution >= 0.6 is 0 Å². The number of nitrogens with zero attached hydrogens (tertiary/aromatic N) is 2. The molecule has 1 aromatic carbocycles. The monoisotopic (exact) mass is 348 g/mol. The number of likely N-dealkylation sites (N-methyl/N-ethyl adjacent to an activating group) is 1. The molecule has 0 aliphatic carbocycles. The Balaban J connectivity index is 1.59. The molecule has 1 unspecified atom stereocenters. The largest absolute Gasteiger partial charge is 0.344 e. The van der Waals surface area contributed by atoms with Crippen LogP contribution in [0.4, 0.5) is 10.5 Å². The third kappa shape index (κ3) is 4.84. The van der Waals surface area contributed by atoms with Crippen molar-refractivity contribution in [2.24, 2.45) is 0 Å². The van der Waals surface area contributed by atoms with Crippen LogP contribution in [0, 0.1) is 11.8 Å². The second-order valence-electron chi connectivity index (χ2n) is 6.15. The van der Waals surface area contributed by atoms with Crippen molar-refractivity contribution in [1.82, 2.24) is 15.2 Å². The van der Waals surface area contributed by atoms with E-state index in [0.29, 0.717) is 30.8 Å². The number of rotatable bonds is 2. The standard InChI is InChI=1S/C20H20N4O2/c1-24-14-18(10-11-19(24)25)23-20(26)22-17-7-4-5-15(13-17)8-9-16-6-2-3-12-21-16/h2-7,12-13,18H,10-11,14H2,1H3,(H2,22,23,26). The molecule has 1 aromatic heterocycles. The maximum Gasteiger partial charge on any atom is 0.319 e. The highest BCUT2D eigenvalue weighted by molar-refractivity contribution is 5.90. The molecule has 1 aliphatic rings. The molecule has 0 bridgehead atoms. The fourth-order valence-corrected chi connectivity index (χ4v) is 2.73. The van der Waals surface area contributed by atoms with Crippen LogP contribution in [0.25, 0.3) is 0 Å². The van der Waals surface area contributed by atoms with E-state index in [0.717, 1.165) is 5.56 Å². The molecule has 6 heteroatoms. The number of hydrogen-bond donors (Lipinski definition) is 2. The van der Waals surface area contributed by atoms with Gasteiger partial charge in [-0.15, -0.1) is 0 Å². The summed E-state index contributed by atoms with van der Waals surface area (Å²) >= 11 is 0. The fourth-order valence-electron chi connectivity index (χ4n) is 2.73. The van der Waals surface area contributed by atoms with Gasteiger partial charge in [-0.05, 0) is 42.7 Å². The normalized spacial score (nSPS) is 16.4. The number of benzene rings is 1. The summed E-state index contributed by atoms with van der Waals surface area (Å²) < 4.78 is 0. The minimum absolute atomic E-state index is 0.0372. The molecule has 1 atom stereocenters. The van der Waals surface area contributed by atoms with E-state index in [9.17, 15) is 9.59 Å². The number of nitrogens with one attached hydrogen (secondary N) is 2. The maximum atomic E-state index is 12.2. The summed E-state index contributed by atoms with van der Waals surface area (Å²) in [6.45, 7) is 0.530. The number of anilines is 1. The lowest BCUT2D eigenvalue weighted by Crippen LogP contribution is -2.49. The third-order valence-corrected chi connectivity index (χ3v) is 4.08. The van der Waals surface area contributed by atoms with Gasteiger partial charge < -0.3 is 15.5 Å². The summed E-state index contributed by atoms with van der Waals surface area (Å²) in [5, 5.41) is 5.72. The van der Waals surface area contributed by atoms with Crippen LogP contribution in [0.2, 0.25) is 0 Å². The Kier molecular flexibility index (Phi) is 5.49. The summed E-state index contributed by atoms with van der Waals surface area (Å²) in [7, 11) is 1.75. The van der Waals surface area contributed by atoms with Crippen molar-refractivity contribution in [2.75, 3.05) is 18.9 Å². The summed E-state index contributed by atoms with van der Waals surface area (Å²) in [6.07, 6.45) is 2.81. The molecule has 3 amide bonds. The van der Waals surface area contributed by atoms with Crippen molar-refractivity contribution in [1.29, 1.82) is 0 Å². The molecule has 2 aromatic rings. The molecule has 26 heavy (non-hydrogen) atoms. The van der Waals surface area contributed by atoms with Crippen LogP contribution in [0.3, 0.4) is 0 Å². The second kappa shape index (κ2) is 8.17. The lowest BCUT2D eigenvalue weighted by molar-refractivity contribution is -0.132. The number of carbonyl (C=O) groups is 2. The van der Waals surface area contributed by atoms with Crippen LogP contribution in [-0.2, 0) is 4.79 Å². The number of likely N-dealkylation sites (tertiary alicyclic amines) is 1. The Morgan fingerprint density at radius 1 is 1.23 bits per heavy atom. The summed E-state index contributed by atoms with van der Waals surface area (Å²) in [6, 6.07) is 12.6. The molecule has 1 fully saturated rings. The number of pyridine rings is 1. The van der Waals surface area contributed by atoms with Gasteiger partial charge in [0, 0.05) is 43.5 Å². The molecule has 1 saturated heterocycles. The molecule has 6 nitrogen and oxygen atoms in total. The van der Waals surface area contributed by atoms with Crippen molar-refractivity contribution < 1.29 is 9.59 Å². The van der Waals surface area contributed by atoms with E-state index in [-0.39, 0.29) is 18.0 Å². The smallest absolute Gasteiger partial charge is 0.319 e. The van der Waals surface area contributed by atoms with Crippen LogP contribution < -0.4 is 10.6 Å². The lowest BCUT2D eigenvalue weighted by atomic mass is 10.1. The van der Waals surface area contributed by atoms with E-state index in [1.165, 1.54) is 0 Å². The fraction of sp³-hybridized carbons (Fsp3) is 0.250. The number of hydrogen-bond acceptors (Lipinski definition) is 3. The SMILES string of the molecule is CN1CC(NC(=O)Nc2cccc(C#Cc3ccccn3)c2)CCC1=O. The minimum atomic E-state index is -0.285. The zero-order valence-corrected chi connectivity index (χ0v) is 14.5. The van der Waals surface area contributed by atoms with Gasteiger partial charge in [-0.1, -0.05) is 18.1 Å². The van der Waals surface area contributed by atoms with Gasteiger partial charge in [-0.25, -0.2) is 9.78 Å². The van der Waals surface area contributed by atoms with E-state index in [1.807, 2.05) is 42.5 Å².